The summed E-state index contributed by atoms with van der Waals surface area (Å²) in [7, 11) is 0. The van der Waals surface area contributed by atoms with Crippen LogP contribution >= 0.6 is 0 Å². The molecule has 2 N–H and O–H groups in total. The molecular formula is C16H15NO2. The van der Waals surface area contributed by atoms with E-state index in [-0.39, 0.29) is 12.1 Å². The Kier molecular flexibility index (Phi) is 3.05. The summed E-state index contributed by atoms with van der Waals surface area (Å²) >= 11 is 0. The molecule has 0 amide bonds. The Morgan fingerprint density at radius 3 is 2.58 bits per heavy atom. The molecular weight excluding hydrogens is 238 g/mol. The average Bonchev–Trinajstić information content (AvgIpc) is 2.77. The normalized spacial score (nSPS) is 17.1. The van der Waals surface area contributed by atoms with E-state index in [4.69, 9.17) is 10.5 Å². The molecule has 2 aromatic carbocycles. The van der Waals surface area contributed by atoms with Gasteiger partial charge in [-0.15, -0.1) is 0 Å². The molecule has 96 valence electrons. The van der Waals surface area contributed by atoms with Gasteiger partial charge in [0.25, 0.3) is 0 Å². The number of esters is 1. The third-order valence-electron chi connectivity index (χ3n) is 3.41. The van der Waals surface area contributed by atoms with Crippen molar-refractivity contribution in [2.45, 2.75) is 12.5 Å². The fraction of sp³-hybridized carbons (Fsp3) is 0.188. The molecule has 0 fully saturated rings. The van der Waals surface area contributed by atoms with E-state index in [1.54, 1.807) is 0 Å². The van der Waals surface area contributed by atoms with Gasteiger partial charge in [0.2, 0.25) is 0 Å². The zero-order chi connectivity index (χ0) is 13.2. The first-order valence-electron chi connectivity index (χ1n) is 6.40. The number of carbonyl (C=O) groups excluding carboxylic acids is 1. The van der Waals surface area contributed by atoms with Crippen LogP contribution in [0.4, 0.5) is 0 Å². The first-order valence-corrected chi connectivity index (χ1v) is 6.40. The number of benzene rings is 2. The first kappa shape index (κ1) is 11.9. The number of carbonyl (C=O) groups is 1. The minimum atomic E-state index is -0.244. The van der Waals surface area contributed by atoms with Gasteiger partial charge in [-0.2, -0.15) is 0 Å². The summed E-state index contributed by atoms with van der Waals surface area (Å²) in [4.78, 5) is 11.9. The summed E-state index contributed by atoms with van der Waals surface area (Å²) in [5, 5.41) is 0. The highest BCUT2D eigenvalue weighted by Gasteiger charge is 2.30. The lowest BCUT2D eigenvalue weighted by atomic mass is 9.97. The topological polar surface area (TPSA) is 52.3 Å². The van der Waals surface area contributed by atoms with Gasteiger partial charge in [0.1, 0.15) is 6.10 Å². The Morgan fingerprint density at radius 1 is 1.05 bits per heavy atom. The van der Waals surface area contributed by atoms with E-state index < -0.39 is 0 Å². The summed E-state index contributed by atoms with van der Waals surface area (Å²) in [5.41, 5.74) is 9.29. The quantitative estimate of drug-likeness (QED) is 0.856. The molecule has 3 nitrogen and oxygen atoms in total. The molecule has 0 spiro atoms. The van der Waals surface area contributed by atoms with Crippen molar-refractivity contribution in [3.8, 4) is 11.1 Å². The largest absolute Gasteiger partial charge is 0.454 e. The molecule has 1 aliphatic heterocycles. The van der Waals surface area contributed by atoms with Gasteiger partial charge in [-0.3, -0.25) is 0 Å². The predicted molar refractivity (Wildman–Crippen MR) is 73.7 cm³/mol. The lowest BCUT2D eigenvalue weighted by Crippen LogP contribution is -2.06. The number of hydrogen-bond acceptors (Lipinski definition) is 3. The van der Waals surface area contributed by atoms with Crippen LogP contribution in [0, 0.1) is 0 Å². The summed E-state index contributed by atoms with van der Waals surface area (Å²) in [6, 6.07) is 15.9. The Hall–Kier alpha value is -2.13. The van der Waals surface area contributed by atoms with Gasteiger partial charge in [0.05, 0.1) is 5.56 Å². The van der Waals surface area contributed by atoms with Gasteiger partial charge in [-0.25, -0.2) is 4.79 Å². The molecule has 1 heterocycles. The Balaban J connectivity index is 2.01. The maximum Gasteiger partial charge on any atom is 0.339 e. The van der Waals surface area contributed by atoms with Crippen molar-refractivity contribution in [1.29, 1.82) is 0 Å². The van der Waals surface area contributed by atoms with Crippen molar-refractivity contribution in [3.63, 3.8) is 0 Å². The molecule has 0 aliphatic carbocycles. The van der Waals surface area contributed by atoms with Gasteiger partial charge in [-0.1, -0.05) is 42.5 Å². The van der Waals surface area contributed by atoms with Crippen molar-refractivity contribution in [2.24, 2.45) is 5.73 Å². The second-order valence-corrected chi connectivity index (χ2v) is 4.64. The van der Waals surface area contributed by atoms with Crippen molar-refractivity contribution >= 4 is 5.97 Å². The summed E-state index contributed by atoms with van der Waals surface area (Å²) < 4.78 is 5.34. The fourth-order valence-electron chi connectivity index (χ4n) is 2.45. The molecule has 0 saturated heterocycles. The highest BCUT2D eigenvalue weighted by Crippen LogP contribution is 2.35. The van der Waals surface area contributed by atoms with Crippen LogP contribution in [0.5, 0.6) is 0 Å². The molecule has 0 aromatic heterocycles. The summed E-state index contributed by atoms with van der Waals surface area (Å²) in [6.45, 7) is 0.512. The highest BCUT2D eigenvalue weighted by atomic mass is 16.5. The minimum Gasteiger partial charge on any atom is -0.454 e. The van der Waals surface area contributed by atoms with Crippen LogP contribution in [-0.2, 0) is 4.74 Å². The maximum atomic E-state index is 11.9. The number of nitrogens with two attached hydrogens (primary N) is 1. The highest BCUT2D eigenvalue weighted by molar-refractivity contribution is 5.95. The number of rotatable bonds is 3. The summed E-state index contributed by atoms with van der Waals surface area (Å²) in [6.07, 6.45) is 0.487. The molecule has 0 saturated carbocycles. The molecule has 3 rings (SSSR count). The number of hydrogen-bond donors (Lipinski definition) is 1. The number of ether oxygens (including phenoxy) is 1. The van der Waals surface area contributed by atoms with Gasteiger partial charge in [-0.05, 0) is 23.7 Å². The molecule has 19 heavy (non-hydrogen) atoms. The molecule has 1 atom stereocenters. The number of fused-ring (bicyclic) bond motifs is 1. The molecule has 3 heteroatoms. The Labute approximate surface area is 112 Å². The Morgan fingerprint density at radius 2 is 1.84 bits per heavy atom. The van der Waals surface area contributed by atoms with E-state index in [9.17, 15) is 4.79 Å². The van der Waals surface area contributed by atoms with E-state index in [0.29, 0.717) is 18.5 Å². The Bertz CT molecular complexity index is 607. The molecule has 1 unspecified atom stereocenters. The van der Waals surface area contributed by atoms with E-state index in [1.165, 1.54) is 0 Å². The second-order valence-electron chi connectivity index (χ2n) is 4.64. The lowest BCUT2D eigenvalue weighted by molar-refractivity contribution is 0.0374. The zero-order valence-corrected chi connectivity index (χ0v) is 10.5. The predicted octanol–water partition coefficient (Wildman–Crippen LogP) is 2.91. The second kappa shape index (κ2) is 4.86. The number of cyclic esters (lactones) is 1. The SMILES string of the molecule is NCCC1OC(=O)c2cc(-c3ccccc3)ccc21. The third-order valence-corrected chi connectivity index (χ3v) is 3.41. The average molecular weight is 253 g/mol. The first-order chi connectivity index (χ1) is 9.29. The molecule has 2 aromatic rings. The lowest BCUT2D eigenvalue weighted by Gasteiger charge is -2.08. The smallest absolute Gasteiger partial charge is 0.339 e. The maximum absolute atomic E-state index is 11.9. The summed E-state index contributed by atoms with van der Waals surface area (Å²) in [5.74, 6) is -0.244. The van der Waals surface area contributed by atoms with Crippen LogP contribution in [0.3, 0.4) is 0 Å². The molecule has 0 radical (unpaired) electrons. The van der Waals surface area contributed by atoms with Crippen LogP contribution < -0.4 is 5.73 Å². The minimum absolute atomic E-state index is 0.183. The van der Waals surface area contributed by atoms with E-state index in [2.05, 4.69) is 0 Å². The molecule has 1 aliphatic rings. The van der Waals surface area contributed by atoms with Gasteiger partial charge < -0.3 is 10.5 Å². The van der Waals surface area contributed by atoms with E-state index in [1.807, 2.05) is 48.5 Å². The van der Waals surface area contributed by atoms with Crippen LogP contribution in [0.15, 0.2) is 48.5 Å². The third kappa shape index (κ3) is 2.13. The van der Waals surface area contributed by atoms with Crippen LogP contribution in [0.1, 0.15) is 28.4 Å². The van der Waals surface area contributed by atoms with Crippen molar-refractivity contribution in [3.05, 3.63) is 59.7 Å². The van der Waals surface area contributed by atoms with Crippen molar-refractivity contribution in [1.82, 2.24) is 0 Å². The van der Waals surface area contributed by atoms with Crippen molar-refractivity contribution < 1.29 is 9.53 Å². The van der Waals surface area contributed by atoms with Crippen LogP contribution in [0.2, 0.25) is 0 Å². The van der Waals surface area contributed by atoms with Gasteiger partial charge >= 0.3 is 5.97 Å². The standard InChI is InChI=1S/C16H15NO2/c17-9-8-15-13-7-6-12(10-14(13)16(18)19-15)11-4-2-1-3-5-11/h1-7,10,15H,8-9,17H2. The van der Waals surface area contributed by atoms with Crippen LogP contribution in [0.25, 0.3) is 11.1 Å². The zero-order valence-electron chi connectivity index (χ0n) is 10.5. The molecule has 0 bridgehead atoms. The van der Waals surface area contributed by atoms with Gasteiger partial charge in [0.15, 0.2) is 0 Å². The fourth-order valence-corrected chi connectivity index (χ4v) is 2.45. The van der Waals surface area contributed by atoms with Gasteiger partial charge in [0, 0.05) is 12.0 Å². The van der Waals surface area contributed by atoms with E-state index >= 15 is 0 Å². The van der Waals surface area contributed by atoms with Crippen molar-refractivity contribution in [2.75, 3.05) is 6.54 Å². The van der Waals surface area contributed by atoms with Crippen LogP contribution in [-0.4, -0.2) is 12.5 Å². The monoisotopic (exact) mass is 253 g/mol. The van der Waals surface area contributed by atoms with E-state index in [0.717, 1.165) is 16.7 Å².